The summed E-state index contributed by atoms with van der Waals surface area (Å²) < 4.78 is 10.9. The van der Waals surface area contributed by atoms with Crippen molar-refractivity contribution in [3.05, 3.63) is 59.1 Å². The van der Waals surface area contributed by atoms with Crippen molar-refractivity contribution in [2.75, 3.05) is 48.5 Å². The molecule has 3 aromatic rings. The number of carbonyl (C=O) groups is 2. The molecule has 5 rings (SSSR count). The zero-order valence-corrected chi connectivity index (χ0v) is 19.6. The van der Waals surface area contributed by atoms with E-state index in [9.17, 15) is 9.59 Å². The van der Waals surface area contributed by atoms with E-state index in [-0.39, 0.29) is 18.6 Å². The van der Waals surface area contributed by atoms with Gasteiger partial charge in [0.1, 0.15) is 4.88 Å². The molecule has 1 saturated heterocycles. The number of hydrogen-bond acceptors (Lipinski definition) is 8. The summed E-state index contributed by atoms with van der Waals surface area (Å²) in [7, 11) is 0. The van der Waals surface area contributed by atoms with Crippen molar-refractivity contribution in [2.24, 2.45) is 0 Å². The van der Waals surface area contributed by atoms with Crippen LogP contribution in [0.5, 0.6) is 11.5 Å². The van der Waals surface area contributed by atoms with Crippen LogP contribution in [0.4, 0.5) is 16.5 Å². The molecule has 2 aromatic carbocycles. The lowest BCUT2D eigenvalue weighted by atomic mass is 10.1. The molecule has 1 fully saturated rings. The van der Waals surface area contributed by atoms with Gasteiger partial charge in [0.25, 0.3) is 5.91 Å². The summed E-state index contributed by atoms with van der Waals surface area (Å²) >= 11 is 1.39. The summed E-state index contributed by atoms with van der Waals surface area (Å²) in [5, 5.41) is 6.44. The first-order valence-electron chi connectivity index (χ1n) is 11.0. The molecule has 1 aromatic heterocycles. The highest BCUT2D eigenvalue weighted by molar-refractivity contribution is 7.17. The molecule has 0 bridgehead atoms. The topological polar surface area (TPSA) is 96.0 Å². The van der Waals surface area contributed by atoms with Gasteiger partial charge in [0.2, 0.25) is 12.7 Å². The zero-order chi connectivity index (χ0) is 23.5. The van der Waals surface area contributed by atoms with Gasteiger partial charge in [0.05, 0.1) is 6.20 Å². The SMILES string of the molecule is CC(=O)Nc1ccc(NC(=O)c2cnc(N3CCN(Cc4ccc5c(c4)OCO5)CC3)s2)cc1. The first-order valence-corrected chi connectivity index (χ1v) is 11.9. The van der Waals surface area contributed by atoms with Crippen LogP contribution >= 0.6 is 11.3 Å². The highest BCUT2D eigenvalue weighted by atomic mass is 32.1. The molecule has 176 valence electrons. The number of piperazine rings is 1. The van der Waals surface area contributed by atoms with Crippen molar-refractivity contribution in [1.29, 1.82) is 0 Å². The molecule has 0 atom stereocenters. The van der Waals surface area contributed by atoms with Crippen LogP contribution < -0.4 is 25.0 Å². The fourth-order valence-electron chi connectivity index (χ4n) is 3.94. The molecule has 2 aliphatic heterocycles. The number of nitrogens with zero attached hydrogens (tertiary/aromatic N) is 3. The third kappa shape index (κ3) is 5.13. The molecular weight excluding hydrogens is 454 g/mol. The summed E-state index contributed by atoms with van der Waals surface area (Å²) in [6.07, 6.45) is 1.62. The number of fused-ring (bicyclic) bond motifs is 1. The molecule has 9 nitrogen and oxygen atoms in total. The Hall–Kier alpha value is -3.63. The maximum Gasteiger partial charge on any atom is 0.267 e. The standard InChI is InChI=1S/C24H25N5O4S/c1-16(30)26-18-3-5-19(6-4-18)27-23(31)22-13-25-24(34-22)29-10-8-28(9-11-29)14-17-2-7-20-21(12-17)33-15-32-20/h2-7,12-13H,8-11,14-15H2,1H3,(H,26,30)(H,27,31). The van der Waals surface area contributed by atoms with Crippen LogP contribution in [0.1, 0.15) is 22.2 Å². The molecule has 10 heteroatoms. The van der Waals surface area contributed by atoms with E-state index in [1.807, 2.05) is 12.1 Å². The number of anilines is 3. The van der Waals surface area contributed by atoms with Crippen LogP contribution in [0.2, 0.25) is 0 Å². The minimum absolute atomic E-state index is 0.136. The molecule has 0 spiro atoms. The van der Waals surface area contributed by atoms with E-state index in [1.54, 1.807) is 30.5 Å². The summed E-state index contributed by atoms with van der Waals surface area (Å²) in [6.45, 7) is 6.13. The normalized spacial score (nSPS) is 15.3. The number of benzene rings is 2. The third-order valence-corrected chi connectivity index (χ3v) is 6.72. The van der Waals surface area contributed by atoms with E-state index in [2.05, 4.69) is 31.5 Å². The average molecular weight is 480 g/mol. The lowest BCUT2D eigenvalue weighted by molar-refractivity contribution is -0.114. The number of rotatable bonds is 6. The maximum absolute atomic E-state index is 12.7. The molecule has 2 aliphatic rings. The minimum Gasteiger partial charge on any atom is -0.454 e. The number of amides is 2. The van der Waals surface area contributed by atoms with Gasteiger partial charge in [-0.15, -0.1) is 0 Å². The number of aromatic nitrogens is 1. The number of nitrogens with one attached hydrogen (secondary N) is 2. The van der Waals surface area contributed by atoms with Crippen molar-refractivity contribution in [3.63, 3.8) is 0 Å². The predicted molar refractivity (Wildman–Crippen MR) is 131 cm³/mol. The Morgan fingerprint density at radius 3 is 2.41 bits per heavy atom. The van der Waals surface area contributed by atoms with E-state index in [0.29, 0.717) is 16.3 Å². The predicted octanol–water partition coefficient (Wildman–Crippen LogP) is 3.40. The Kier molecular flexibility index (Phi) is 6.33. The van der Waals surface area contributed by atoms with Crippen LogP contribution in [0.25, 0.3) is 0 Å². The lowest BCUT2D eigenvalue weighted by Crippen LogP contribution is -2.45. The van der Waals surface area contributed by atoms with Gasteiger partial charge in [-0.3, -0.25) is 14.5 Å². The van der Waals surface area contributed by atoms with Gasteiger partial charge in [-0.1, -0.05) is 17.4 Å². The second kappa shape index (κ2) is 9.70. The summed E-state index contributed by atoms with van der Waals surface area (Å²) in [6, 6.07) is 13.1. The average Bonchev–Trinajstić information content (AvgIpc) is 3.50. The minimum atomic E-state index is -0.197. The Morgan fingerprint density at radius 1 is 0.971 bits per heavy atom. The van der Waals surface area contributed by atoms with Crippen LogP contribution in [0.3, 0.4) is 0 Å². The first-order chi connectivity index (χ1) is 16.5. The van der Waals surface area contributed by atoms with Gasteiger partial charge >= 0.3 is 0 Å². The highest BCUT2D eigenvalue weighted by Crippen LogP contribution is 2.33. The number of hydrogen-bond donors (Lipinski definition) is 2. The summed E-state index contributed by atoms with van der Waals surface area (Å²) in [5.74, 6) is 1.28. The second-order valence-corrected chi connectivity index (χ2v) is 9.18. The molecule has 2 N–H and O–H groups in total. The van der Waals surface area contributed by atoms with Gasteiger partial charge in [-0.2, -0.15) is 0 Å². The van der Waals surface area contributed by atoms with E-state index < -0.39 is 0 Å². The van der Waals surface area contributed by atoms with Crippen molar-refractivity contribution < 1.29 is 19.1 Å². The number of thiazole rings is 1. The highest BCUT2D eigenvalue weighted by Gasteiger charge is 2.22. The van der Waals surface area contributed by atoms with Crippen LogP contribution in [-0.2, 0) is 11.3 Å². The lowest BCUT2D eigenvalue weighted by Gasteiger charge is -2.34. The van der Waals surface area contributed by atoms with E-state index in [4.69, 9.17) is 9.47 Å². The van der Waals surface area contributed by atoms with Crippen molar-refractivity contribution in [2.45, 2.75) is 13.5 Å². The van der Waals surface area contributed by atoms with E-state index in [1.165, 1.54) is 23.8 Å². The third-order valence-electron chi connectivity index (χ3n) is 5.67. The smallest absolute Gasteiger partial charge is 0.267 e. The molecule has 2 amide bonds. The summed E-state index contributed by atoms with van der Waals surface area (Å²) in [4.78, 5) is 33.5. The maximum atomic E-state index is 12.7. The quantitative estimate of drug-likeness (QED) is 0.559. The molecule has 0 unspecified atom stereocenters. The Bertz CT molecular complexity index is 1190. The van der Waals surface area contributed by atoms with Gasteiger partial charge in [-0.25, -0.2) is 4.98 Å². The number of carbonyl (C=O) groups excluding carboxylic acids is 2. The van der Waals surface area contributed by atoms with E-state index >= 15 is 0 Å². The van der Waals surface area contributed by atoms with E-state index in [0.717, 1.165) is 49.4 Å². The fourth-order valence-corrected chi connectivity index (χ4v) is 4.81. The van der Waals surface area contributed by atoms with Crippen LogP contribution in [-0.4, -0.2) is 54.7 Å². The van der Waals surface area contributed by atoms with Crippen molar-refractivity contribution >= 4 is 39.7 Å². The Morgan fingerprint density at radius 2 is 1.68 bits per heavy atom. The second-order valence-electron chi connectivity index (χ2n) is 8.17. The van der Waals surface area contributed by atoms with Gasteiger partial charge < -0.3 is 25.0 Å². The summed E-state index contributed by atoms with van der Waals surface area (Å²) in [5.41, 5.74) is 2.55. The molecule has 34 heavy (non-hydrogen) atoms. The van der Waals surface area contributed by atoms with Crippen LogP contribution in [0.15, 0.2) is 48.7 Å². The molecule has 0 saturated carbocycles. The number of ether oxygens (including phenoxy) is 2. The van der Waals surface area contributed by atoms with Crippen LogP contribution in [0, 0.1) is 0 Å². The van der Waals surface area contributed by atoms with Gasteiger partial charge in [0.15, 0.2) is 16.6 Å². The largest absolute Gasteiger partial charge is 0.454 e. The first kappa shape index (κ1) is 22.2. The van der Waals surface area contributed by atoms with Crippen molar-refractivity contribution in [3.8, 4) is 11.5 Å². The Balaban J connectivity index is 1.13. The molecule has 0 aliphatic carbocycles. The Labute approximate surface area is 201 Å². The molecule has 0 radical (unpaired) electrons. The van der Waals surface area contributed by atoms with Crippen molar-refractivity contribution in [1.82, 2.24) is 9.88 Å². The molecule has 3 heterocycles. The van der Waals surface area contributed by atoms with Gasteiger partial charge in [0, 0.05) is 51.0 Å². The zero-order valence-electron chi connectivity index (χ0n) is 18.7. The fraction of sp³-hybridized carbons (Fsp3) is 0.292. The van der Waals surface area contributed by atoms with Gasteiger partial charge in [-0.05, 0) is 42.0 Å². The monoisotopic (exact) mass is 479 g/mol. The molecular formula is C24H25N5O4S.